The Morgan fingerprint density at radius 1 is 1.73 bits per heavy atom. The van der Waals surface area contributed by atoms with Crippen molar-refractivity contribution < 1.29 is 9.84 Å². The quantitative estimate of drug-likeness (QED) is 0.788. The van der Waals surface area contributed by atoms with E-state index in [0.717, 1.165) is 5.69 Å². The van der Waals surface area contributed by atoms with Crippen molar-refractivity contribution in [3.8, 4) is 0 Å². The molecule has 1 saturated heterocycles. The average Bonchev–Trinajstić information content (AvgIpc) is 2.49. The van der Waals surface area contributed by atoms with Crippen molar-refractivity contribution in [2.45, 2.75) is 37.9 Å². The van der Waals surface area contributed by atoms with Gasteiger partial charge in [0.25, 0.3) is 0 Å². The Balaban J connectivity index is 2.03. The van der Waals surface area contributed by atoms with Crippen LogP contribution in [0.2, 0.25) is 0 Å². The lowest BCUT2D eigenvalue weighted by molar-refractivity contribution is -0.0965. The minimum atomic E-state index is -0.633. The van der Waals surface area contributed by atoms with Gasteiger partial charge in [-0.15, -0.1) is 0 Å². The van der Waals surface area contributed by atoms with Crippen molar-refractivity contribution in [3.05, 3.63) is 18.0 Å². The molecule has 0 spiro atoms. The fourth-order valence-electron chi connectivity index (χ4n) is 2.20. The predicted octanol–water partition coefficient (Wildman–Crippen LogP) is 0.893. The zero-order chi connectivity index (χ0) is 10.9. The molecule has 2 rings (SSSR count). The van der Waals surface area contributed by atoms with Gasteiger partial charge >= 0.3 is 0 Å². The summed E-state index contributed by atoms with van der Waals surface area (Å²) in [4.78, 5) is 0. The van der Waals surface area contributed by atoms with Crippen LogP contribution in [0.1, 0.15) is 25.5 Å². The van der Waals surface area contributed by atoms with Crippen molar-refractivity contribution in [1.82, 2.24) is 9.78 Å². The summed E-state index contributed by atoms with van der Waals surface area (Å²) in [5.41, 5.74) is 0.320. The summed E-state index contributed by atoms with van der Waals surface area (Å²) in [6, 6.07) is 1.96. The van der Waals surface area contributed by atoms with Crippen LogP contribution in [0.4, 0.5) is 0 Å². The number of aromatic nitrogens is 2. The van der Waals surface area contributed by atoms with Crippen LogP contribution >= 0.6 is 0 Å². The molecule has 0 radical (unpaired) electrons. The van der Waals surface area contributed by atoms with Gasteiger partial charge in [-0.1, -0.05) is 0 Å². The Labute approximate surface area is 89.9 Å². The van der Waals surface area contributed by atoms with E-state index in [4.69, 9.17) is 4.74 Å². The molecule has 1 aromatic heterocycles. The molecule has 1 N–H and O–H groups in total. The number of ether oxygens (including phenoxy) is 1. The number of rotatable bonds is 2. The maximum absolute atomic E-state index is 10.4. The Morgan fingerprint density at radius 2 is 2.53 bits per heavy atom. The van der Waals surface area contributed by atoms with Gasteiger partial charge < -0.3 is 9.84 Å². The lowest BCUT2D eigenvalue weighted by Gasteiger charge is -2.35. The Bertz CT molecular complexity index is 337. The van der Waals surface area contributed by atoms with Crippen LogP contribution < -0.4 is 0 Å². The van der Waals surface area contributed by atoms with E-state index < -0.39 is 5.60 Å². The molecule has 2 atom stereocenters. The maximum Gasteiger partial charge on any atom is 0.0750 e. The molecule has 0 bridgehead atoms. The second-order valence-corrected chi connectivity index (χ2v) is 4.52. The van der Waals surface area contributed by atoms with Crippen LogP contribution in [0.15, 0.2) is 12.3 Å². The molecular weight excluding hydrogens is 192 g/mol. The third kappa shape index (κ3) is 2.58. The van der Waals surface area contributed by atoms with Gasteiger partial charge in [0, 0.05) is 32.7 Å². The van der Waals surface area contributed by atoms with Gasteiger partial charge in [0.1, 0.15) is 0 Å². The standard InChI is InChI=1S/C11H18N2O2/c1-9-7-11(14,4-6-15-9)8-10-3-5-13(2)12-10/h3,5,9,14H,4,6-8H2,1-2H3. The van der Waals surface area contributed by atoms with Crippen LogP contribution in [-0.4, -0.2) is 33.2 Å². The normalized spacial score (nSPS) is 31.8. The topological polar surface area (TPSA) is 47.3 Å². The second kappa shape index (κ2) is 3.94. The number of hydrogen-bond donors (Lipinski definition) is 1. The van der Waals surface area contributed by atoms with Crippen LogP contribution in [0, 0.1) is 0 Å². The third-order valence-electron chi connectivity index (χ3n) is 2.92. The zero-order valence-electron chi connectivity index (χ0n) is 9.31. The van der Waals surface area contributed by atoms with Crippen molar-refractivity contribution in [2.24, 2.45) is 7.05 Å². The lowest BCUT2D eigenvalue weighted by Crippen LogP contribution is -2.41. The molecule has 1 aliphatic rings. The van der Waals surface area contributed by atoms with E-state index in [2.05, 4.69) is 5.10 Å². The number of hydrogen-bond acceptors (Lipinski definition) is 3. The Kier molecular flexibility index (Phi) is 2.80. The number of nitrogens with zero attached hydrogens (tertiary/aromatic N) is 2. The highest BCUT2D eigenvalue weighted by Gasteiger charge is 2.33. The van der Waals surface area contributed by atoms with Gasteiger partial charge in [0.15, 0.2) is 0 Å². The van der Waals surface area contributed by atoms with E-state index in [0.29, 0.717) is 25.9 Å². The van der Waals surface area contributed by atoms with Crippen LogP contribution in [-0.2, 0) is 18.2 Å². The lowest BCUT2D eigenvalue weighted by atomic mass is 9.87. The van der Waals surface area contributed by atoms with E-state index in [1.807, 2.05) is 26.2 Å². The molecule has 1 aromatic rings. The fourth-order valence-corrected chi connectivity index (χ4v) is 2.20. The highest BCUT2D eigenvalue weighted by molar-refractivity contribution is 5.04. The summed E-state index contributed by atoms with van der Waals surface area (Å²) in [5.74, 6) is 0. The largest absolute Gasteiger partial charge is 0.389 e. The van der Waals surface area contributed by atoms with Crippen molar-refractivity contribution in [2.75, 3.05) is 6.61 Å². The molecule has 4 nitrogen and oxygen atoms in total. The van der Waals surface area contributed by atoms with E-state index in [1.54, 1.807) is 4.68 Å². The molecule has 0 amide bonds. The fraction of sp³-hybridized carbons (Fsp3) is 0.727. The summed E-state index contributed by atoms with van der Waals surface area (Å²) in [6.45, 7) is 2.65. The summed E-state index contributed by atoms with van der Waals surface area (Å²) in [7, 11) is 1.89. The van der Waals surface area contributed by atoms with Gasteiger partial charge in [-0.05, 0) is 19.4 Å². The maximum atomic E-state index is 10.4. The highest BCUT2D eigenvalue weighted by Crippen LogP contribution is 2.27. The van der Waals surface area contributed by atoms with E-state index in [9.17, 15) is 5.11 Å². The van der Waals surface area contributed by atoms with E-state index in [1.165, 1.54) is 0 Å². The van der Waals surface area contributed by atoms with Crippen molar-refractivity contribution in [3.63, 3.8) is 0 Å². The first kappa shape index (κ1) is 10.6. The second-order valence-electron chi connectivity index (χ2n) is 4.52. The monoisotopic (exact) mass is 210 g/mol. The summed E-state index contributed by atoms with van der Waals surface area (Å²) >= 11 is 0. The van der Waals surface area contributed by atoms with Gasteiger partial charge in [-0.25, -0.2) is 0 Å². The van der Waals surface area contributed by atoms with Crippen molar-refractivity contribution >= 4 is 0 Å². The first-order chi connectivity index (χ1) is 7.07. The van der Waals surface area contributed by atoms with Gasteiger partial charge in [0.2, 0.25) is 0 Å². The minimum absolute atomic E-state index is 0.146. The molecule has 2 unspecified atom stereocenters. The first-order valence-corrected chi connectivity index (χ1v) is 5.40. The third-order valence-corrected chi connectivity index (χ3v) is 2.92. The van der Waals surface area contributed by atoms with Gasteiger partial charge in [-0.3, -0.25) is 4.68 Å². The van der Waals surface area contributed by atoms with Crippen LogP contribution in [0.25, 0.3) is 0 Å². The van der Waals surface area contributed by atoms with Crippen LogP contribution in [0.3, 0.4) is 0 Å². The first-order valence-electron chi connectivity index (χ1n) is 5.40. The number of aliphatic hydroxyl groups is 1. The Morgan fingerprint density at radius 3 is 3.13 bits per heavy atom. The predicted molar refractivity (Wildman–Crippen MR) is 56.5 cm³/mol. The van der Waals surface area contributed by atoms with Gasteiger partial charge in [-0.2, -0.15) is 5.10 Å². The molecule has 1 fully saturated rings. The number of aryl methyl sites for hydroxylation is 1. The molecule has 0 aromatic carbocycles. The van der Waals surface area contributed by atoms with Crippen LogP contribution in [0.5, 0.6) is 0 Å². The molecule has 0 aliphatic carbocycles. The SMILES string of the molecule is CC1CC(O)(Cc2ccn(C)n2)CCO1. The molecule has 15 heavy (non-hydrogen) atoms. The highest BCUT2D eigenvalue weighted by atomic mass is 16.5. The molecule has 2 heterocycles. The van der Waals surface area contributed by atoms with E-state index >= 15 is 0 Å². The molecule has 0 saturated carbocycles. The smallest absolute Gasteiger partial charge is 0.0750 e. The molecule has 1 aliphatic heterocycles. The molecular formula is C11H18N2O2. The van der Waals surface area contributed by atoms with E-state index in [-0.39, 0.29) is 6.10 Å². The molecule has 4 heteroatoms. The Hall–Kier alpha value is -0.870. The van der Waals surface area contributed by atoms with Gasteiger partial charge in [0.05, 0.1) is 17.4 Å². The molecule has 84 valence electrons. The van der Waals surface area contributed by atoms with Crippen molar-refractivity contribution in [1.29, 1.82) is 0 Å². The average molecular weight is 210 g/mol. The summed E-state index contributed by atoms with van der Waals surface area (Å²) in [6.07, 6.45) is 4.08. The minimum Gasteiger partial charge on any atom is -0.389 e. The summed E-state index contributed by atoms with van der Waals surface area (Å²) in [5, 5.41) is 14.7. The zero-order valence-corrected chi connectivity index (χ0v) is 9.31. The summed E-state index contributed by atoms with van der Waals surface area (Å²) < 4.78 is 7.20.